The summed E-state index contributed by atoms with van der Waals surface area (Å²) in [6, 6.07) is 0. The summed E-state index contributed by atoms with van der Waals surface area (Å²) >= 11 is 0. The highest BCUT2D eigenvalue weighted by Crippen LogP contribution is 2.50. The van der Waals surface area contributed by atoms with Crippen LogP contribution in [-0.2, 0) is 19.0 Å². The van der Waals surface area contributed by atoms with Crippen LogP contribution in [0.3, 0.4) is 0 Å². The van der Waals surface area contributed by atoms with Crippen LogP contribution in [0.15, 0.2) is 11.6 Å². The van der Waals surface area contributed by atoms with Gasteiger partial charge in [0, 0.05) is 18.8 Å². The van der Waals surface area contributed by atoms with E-state index in [2.05, 4.69) is 5.92 Å². The Morgan fingerprint density at radius 3 is 2.77 bits per heavy atom. The van der Waals surface area contributed by atoms with Crippen molar-refractivity contribution in [2.75, 3.05) is 6.61 Å². The predicted molar refractivity (Wildman–Crippen MR) is 76.5 cm³/mol. The van der Waals surface area contributed by atoms with Gasteiger partial charge in [-0.3, -0.25) is 4.79 Å². The van der Waals surface area contributed by atoms with E-state index in [-0.39, 0.29) is 25.1 Å². The number of terminal acetylenes is 1. The van der Waals surface area contributed by atoms with E-state index in [1.54, 1.807) is 0 Å². The summed E-state index contributed by atoms with van der Waals surface area (Å²) in [6.45, 7) is 0.174. The molecule has 2 aliphatic carbocycles. The lowest BCUT2D eigenvalue weighted by atomic mass is 9.70. The van der Waals surface area contributed by atoms with Gasteiger partial charge in [-0.05, 0) is 24.5 Å². The van der Waals surface area contributed by atoms with E-state index < -0.39 is 23.4 Å². The fourth-order valence-electron chi connectivity index (χ4n) is 4.24. The third-order valence-corrected chi connectivity index (χ3v) is 5.40. The molecular weight excluding hydrogens is 284 g/mol. The lowest BCUT2D eigenvalue weighted by molar-refractivity contribution is -0.206. The Labute approximate surface area is 129 Å². The van der Waals surface area contributed by atoms with Gasteiger partial charge in [0.15, 0.2) is 11.4 Å². The number of hydrogen-bond donors (Lipinski definition) is 1. The average molecular weight is 304 g/mol. The number of aliphatic hydroxyl groups is 1. The highest BCUT2D eigenvalue weighted by atomic mass is 16.8. The molecule has 2 saturated heterocycles. The van der Waals surface area contributed by atoms with Crippen LogP contribution in [0.2, 0.25) is 0 Å². The third kappa shape index (κ3) is 1.95. The van der Waals surface area contributed by atoms with Crippen LogP contribution < -0.4 is 0 Å². The molecule has 22 heavy (non-hydrogen) atoms. The molecule has 2 heterocycles. The standard InChI is InChI=1S/C17H20O5/c1-2-17(19)12-9-14(18)20-10-11(12)8-13-15(17)22-16(21-13)6-4-3-5-7-16/h1,8,12-13,15,19H,3-7,9-10H2/t12-,13+,15+,17-/m1/s1. The van der Waals surface area contributed by atoms with Crippen molar-refractivity contribution >= 4 is 5.97 Å². The van der Waals surface area contributed by atoms with Crippen LogP contribution >= 0.6 is 0 Å². The molecule has 5 nitrogen and oxygen atoms in total. The molecule has 118 valence electrons. The van der Waals surface area contributed by atoms with Crippen LogP contribution in [0.25, 0.3) is 0 Å². The normalized spacial score (nSPS) is 42.8. The molecule has 0 amide bonds. The van der Waals surface area contributed by atoms with Crippen molar-refractivity contribution in [2.24, 2.45) is 5.92 Å². The summed E-state index contributed by atoms with van der Waals surface area (Å²) in [5, 5.41) is 11.1. The van der Waals surface area contributed by atoms with Crippen molar-refractivity contribution in [3.8, 4) is 12.3 Å². The first-order chi connectivity index (χ1) is 10.6. The second kappa shape index (κ2) is 4.82. The molecule has 4 aliphatic rings. The number of carbonyl (C=O) groups excluding carboxylic acids is 1. The van der Waals surface area contributed by atoms with Crippen molar-refractivity contribution < 1.29 is 24.1 Å². The quantitative estimate of drug-likeness (QED) is 0.415. The van der Waals surface area contributed by atoms with E-state index in [1.165, 1.54) is 6.42 Å². The van der Waals surface area contributed by atoms with Gasteiger partial charge in [-0.2, -0.15) is 0 Å². The molecule has 1 saturated carbocycles. The smallest absolute Gasteiger partial charge is 0.306 e. The molecule has 0 aromatic carbocycles. The van der Waals surface area contributed by atoms with E-state index in [1.807, 2.05) is 6.08 Å². The first-order valence-corrected chi connectivity index (χ1v) is 7.98. The minimum Gasteiger partial charge on any atom is -0.461 e. The van der Waals surface area contributed by atoms with Gasteiger partial charge in [0.05, 0.1) is 6.42 Å². The van der Waals surface area contributed by atoms with Crippen molar-refractivity contribution in [3.05, 3.63) is 11.6 Å². The molecule has 5 heteroatoms. The second-order valence-electron chi connectivity index (χ2n) is 6.72. The molecule has 1 N–H and O–H groups in total. The first kappa shape index (κ1) is 14.3. The lowest BCUT2D eigenvalue weighted by Crippen LogP contribution is -2.57. The fourth-order valence-corrected chi connectivity index (χ4v) is 4.24. The lowest BCUT2D eigenvalue weighted by Gasteiger charge is -2.43. The van der Waals surface area contributed by atoms with E-state index in [0.29, 0.717) is 0 Å². The topological polar surface area (TPSA) is 65.0 Å². The van der Waals surface area contributed by atoms with Crippen molar-refractivity contribution in [3.63, 3.8) is 0 Å². The van der Waals surface area contributed by atoms with Gasteiger partial charge in [0.2, 0.25) is 0 Å². The monoisotopic (exact) mass is 304 g/mol. The van der Waals surface area contributed by atoms with Gasteiger partial charge in [0.25, 0.3) is 0 Å². The number of esters is 1. The zero-order valence-electron chi connectivity index (χ0n) is 12.4. The van der Waals surface area contributed by atoms with E-state index >= 15 is 0 Å². The molecule has 3 fully saturated rings. The highest BCUT2D eigenvalue weighted by molar-refractivity contribution is 5.72. The molecular formula is C17H20O5. The Kier molecular flexibility index (Phi) is 3.12. The van der Waals surface area contributed by atoms with Gasteiger partial charge in [-0.25, -0.2) is 0 Å². The van der Waals surface area contributed by atoms with Crippen molar-refractivity contribution in [2.45, 2.75) is 62.1 Å². The number of ether oxygens (including phenoxy) is 3. The maximum Gasteiger partial charge on any atom is 0.306 e. The minimum atomic E-state index is -1.52. The number of fused-ring (bicyclic) bond motifs is 2. The summed E-state index contributed by atoms with van der Waals surface area (Å²) in [5.74, 6) is 1.09. The first-order valence-electron chi connectivity index (χ1n) is 7.98. The summed E-state index contributed by atoms with van der Waals surface area (Å²) in [7, 11) is 0. The molecule has 0 aromatic rings. The molecule has 4 atom stereocenters. The van der Waals surface area contributed by atoms with Crippen LogP contribution in [0, 0.1) is 18.3 Å². The van der Waals surface area contributed by atoms with Gasteiger partial charge in [0.1, 0.15) is 18.8 Å². The summed E-state index contributed by atoms with van der Waals surface area (Å²) in [6.07, 6.45) is 11.6. The number of hydrogen-bond acceptors (Lipinski definition) is 5. The van der Waals surface area contributed by atoms with E-state index in [0.717, 1.165) is 31.3 Å². The molecule has 2 aliphatic heterocycles. The van der Waals surface area contributed by atoms with Gasteiger partial charge in [-0.15, -0.1) is 6.42 Å². The summed E-state index contributed by atoms with van der Waals surface area (Å²) < 4.78 is 17.4. The molecule has 0 radical (unpaired) electrons. The number of cyclic esters (lactones) is 1. The third-order valence-electron chi connectivity index (χ3n) is 5.40. The summed E-state index contributed by atoms with van der Waals surface area (Å²) in [5.41, 5.74) is -0.674. The minimum absolute atomic E-state index is 0.0894. The molecule has 0 bridgehead atoms. The zero-order chi connectivity index (χ0) is 15.4. The average Bonchev–Trinajstić information content (AvgIpc) is 2.87. The van der Waals surface area contributed by atoms with Crippen molar-refractivity contribution in [1.82, 2.24) is 0 Å². The predicted octanol–water partition coefficient (Wildman–Crippen LogP) is 1.30. The largest absolute Gasteiger partial charge is 0.461 e. The molecule has 0 unspecified atom stereocenters. The Morgan fingerprint density at radius 1 is 1.27 bits per heavy atom. The maximum atomic E-state index is 11.6. The van der Waals surface area contributed by atoms with Crippen LogP contribution in [0.4, 0.5) is 0 Å². The van der Waals surface area contributed by atoms with Crippen LogP contribution in [0.1, 0.15) is 38.5 Å². The molecule has 0 aromatic heterocycles. The highest BCUT2D eigenvalue weighted by Gasteiger charge is 2.61. The number of carbonyl (C=O) groups is 1. The van der Waals surface area contributed by atoms with Gasteiger partial charge >= 0.3 is 5.97 Å². The zero-order valence-corrected chi connectivity index (χ0v) is 12.4. The van der Waals surface area contributed by atoms with Crippen molar-refractivity contribution in [1.29, 1.82) is 0 Å². The maximum absolute atomic E-state index is 11.6. The Bertz CT molecular complexity index is 568. The van der Waals surface area contributed by atoms with Gasteiger partial charge < -0.3 is 19.3 Å². The van der Waals surface area contributed by atoms with Crippen LogP contribution in [-0.4, -0.2) is 41.3 Å². The number of rotatable bonds is 0. The van der Waals surface area contributed by atoms with E-state index in [4.69, 9.17) is 20.6 Å². The van der Waals surface area contributed by atoms with Gasteiger partial charge in [-0.1, -0.05) is 12.3 Å². The van der Waals surface area contributed by atoms with E-state index in [9.17, 15) is 9.90 Å². The molecule has 1 spiro atoms. The summed E-state index contributed by atoms with van der Waals surface area (Å²) in [4.78, 5) is 11.6. The Balaban J connectivity index is 1.70. The SMILES string of the molecule is C#C[C@@]1(O)[C@@H]2CC(=O)OCC2=C[C@@H]2OC3(CCCCC3)O[C@@H]21. The van der Waals surface area contributed by atoms with Crippen LogP contribution in [0.5, 0.6) is 0 Å². The Hall–Kier alpha value is -1.35. The second-order valence-corrected chi connectivity index (χ2v) is 6.72. The molecule has 4 rings (SSSR count). The Morgan fingerprint density at radius 2 is 2.05 bits per heavy atom. The fraction of sp³-hybridized carbons (Fsp3) is 0.706.